The Labute approximate surface area is 110 Å². The summed E-state index contributed by atoms with van der Waals surface area (Å²) in [5.74, 6) is 0. The molecule has 3 rings (SSSR count). The molecule has 0 saturated carbocycles. The van der Waals surface area contributed by atoms with E-state index in [1.54, 1.807) is 12.1 Å². The molecule has 2 atom stereocenters. The van der Waals surface area contributed by atoms with Crippen LogP contribution < -0.4 is 4.90 Å². The number of fused-ring (bicyclic) bond motifs is 2. The molecule has 100 valence electrons. The average Bonchev–Trinajstić information content (AvgIpc) is 2.76. The largest absolute Gasteiger partial charge is 0.371 e. The molecule has 1 aromatic carbocycles. The minimum Gasteiger partial charge on any atom is -0.371 e. The van der Waals surface area contributed by atoms with Gasteiger partial charge >= 0.3 is 0 Å². The lowest BCUT2D eigenvalue weighted by atomic mass is 10.1. The lowest BCUT2D eigenvalue weighted by Gasteiger charge is -2.33. The number of benzene rings is 1. The summed E-state index contributed by atoms with van der Waals surface area (Å²) in [6.07, 6.45) is 3.00. The fourth-order valence-electron chi connectivity index (χ4n) is 2.84. The van der Waals surface area contributed by atoms with E-state index in [9.17, 15) is 14.9 Å². The van der Waals surface area contributed by atoms with Gasteiger partial charge in [0.25, 0.3) is 5.69 Å². The standard InChI is InChI=1S/C13H14N2O4/c16-8-9-1-4-12(13(5-9)15(17)18)14-6-10-2-3-11(7-14)19-10/h1,4-5,8,10-11H,2-3,6-7H2. The zero-order chi connectivity index (χ0) is 13.4. The average molecular weight is 262 g/mol. The number of aldehydes is 1. The summed E-state index contributed by atoms with van der Waals surface area (Å²) in [4.78, 5) is 23.4. The summed E-state index contributed by atoms with van der Waals surface area (Å²) in [5.41, 5.74) is 0.897. The third-order valence-corrected chi connectivity index (χ3v) is 3.72. The number of ether oxygens (including phenoxy) is 1. The molecule has 2 saturated heterocycles. The SMILES string of the molecule is O=Cc1ccc(N2CC3CCC(C2)O3)c([N+](=O)[O-])c1. The fraction of sp³-hybridized carbons (Fsp3) is 0.462. The molecule has 1 aromatic rings. The van der Waals surface area contributed by atoms with E-state index in [1.807, 2.05) is 4.90 Å². The second-order valence-electron chi connectivity index (χ2n) is 4.99. The Morgan fingerprint density at radius 3 is 2.58 bits per heavy atom. The Hall–Kier alpha value is -1.95. The predicted molar refractivity (Wildman–Crippen MR) is 68.6 cm³/mol. The number of carbonyl (C=O) groups is 1. The van der Waals surface area contributed by atoms with E-state index in [0.29, 0.717) is 30.6 Å². The van der Waals surface area contributed by atoms with Crippen molar-refractivity contribution in [1.82, 2.24) is 0 Å². The number of anilines is 1. The number of nitro groups is 1. The highest BCUT2D eigenvalue weighted by atomic mass is 16.6. The molecule has 0 spiro atoms. The molecule has 2 unspecified atom stereocenters. The summed E-state index contributed by atoms with van der Waals surface area (Å²) in [6.45, 7) is 1.36. The minimum atomic E-state index is -0.431. The van der Waals surface area contributed by atoms with Crippen molar-refractivity contribution in [2.45, 2.75) is 25.0 Å². The van der Waals surface area contributed by atoms with Gasteiger partial charge in [0.1, 0.15) is 12.0 Å². The van der Waals surface area contributed by atoms with Crippen LogP contribution in [-0.4, -0.2) is 36.5 Å². The van der Waals surface area contributed by atoms with Crippen LogP contribution in [0.4, 0.5) is 11.4 Å². The molecule has 0 N–H and O–H groups in total. The number of morpholine rings is 1. The molecular weight excluding hydrogens is 248 g/mol. The number of nitro benzene ring substituents is 1. The van der Waals surface area contributed by atoms with Crippen molar-refractivity contribution in [3.8, 4) is 0 Å². The van der Waals surface area contributed by atoms with Gasteiger partial charge in [-0.2, -0.15) is 0 Å². The lowest BCUT2D eigenvalue weighted by Crippen LogP contribution is -2.42. The zero-order valence-corrected chi connectivity index (χ0v) is 10.3. The molecule has 6 nitrogen and oxygen atoms in total. The van der Waals surface area contributed by atoms with E-state index in [2.05, 4.69) is 0 Å². The van der Waals surface area contributed by atoms with Gasteiger partial charge in [-0.25, -0.2) is 0 Å². The monoisotopic (exact) mass is 262 g/mol. The highest BCUT2D eigenvalue weighted by Gasteiger charge is 2.35. The Kier molecular flexibility index (Phi) is 2.94. The summed E-state index contributed by atoms with van der Waals surface area (Å²) < 4.78 is 5.73. The second-order valence-corrected chi connectivity index (χ2v) is 4.99. The van der Waals surface area contributed by atoms with Gasteiger partial charge in [-0.15, -0.1) is 0 Å². The van der Waals surface area contributed by atoms with Gasteiger partial charge in [-0.1, -0.05) is 0 Å². The molecule has 2 aliphatic heterocycles. The van der Waals surface area contributed by atoms with Gasteiger partial charge in [0, 0.05) is 24.7 Å². The third-order valence-electron chi connectivity index (χ3n) is 3.72. The first-order valence-corrected chi connectivity index (χ1v) is 6.31. The molecule has 19 heavy (non-hydrogen) atoms. The van der Waals surface area contributed by atoms with Crippen molar-refractivity contribution in [1.29, 1.82) is 0 Å². The van der Waals surface area contributed by atoms with Gasteiger partial charge in [0.05, 0.1) is 17.1 Å². The Balaban J connectivity index is 1.95. The van der Waals surface area contributed by atoms with Gasteiger partial charge in [-0.3, -0.25) is 14.9 Å². The van der Waals surface area contributed by atoms with Gasteiger partial charge in [0.2, 0.25) is 0 Å². The quantitative estimate of drug-likeness (QED) is 0.471. The maximum Gasteiger partial charge on any atom is 0.293 e. The van der Waals surface area contributed by atoms with E-state index in [1.165, 1.54) is 6.07 Å². The zero-order valence-electron chi connectivity index (χ0n) is 10.3. The van der Waals surface area contributed by atoms with Crippen LogP contribution in [0.2, 0.25) is 0 Å². The Morgan fingerprint density at radius 1 is 1.32 bits per heavy atom. The summed E-state index contributed by atoms with van der Waals surface area (Å²) >= 11 is 0. The van der Waals surface area contributed by atoms with Crippen molar-refractivity contribution in [3.63, 3.8) is 0 Å². The smallest absolute Gasteiger partial charge is 0.293 e. The summed E-state index contributed by atoms with van der Waals surface area (Å²) in [7, 11) is 0. The molecule has 2 bridgehead atoms. The molecule has 2 heterocycles. The first-order chi connectivity index (χ1) is 9.17. The number of nitrogens with zero attached hydrogens (tertiary/aromatic N) is 2. The first kappa shape index (κ1) is 12.1. The maximum absolute atomic E-state index is 11.1. The molecule has 2 fully saturated rings. The molecule has 0 aromatic heterocycles. The van der Waals surface area contributed by atoms with Gasteiger partial charge in [-0.05, 0) is 25.0 Å². The highest BCUT2D eigenvalue weighted by Crippen LogP contribution is 2.34. The van der Waals surface area contributed by atoms with Crippen LogP contribution in [0.15, 0.2) is 18.2 Å². The second kappa shape index (κ2) is 4.62. The maximum atomic E-state index is 11.1. The van der Waals surface area contributed by atoms with Crippen LogP contribution in [-0.2, 0) is 4.74 Å². The van der Waals surface area contributed by atoms with Crippen molar-refractivity contribution < 1.29 is 14.5 Å². The van der Waals surface area contributed by atoms with E-state index in [-0.39, 0.29) is 17.9 Å². The molecule has 0 aliphatic carbocycles. The number of hydrogen-bond acceptors (Lipinski definition) is 5. The molecule has 0 radical (unpaired) electrons. The van der Waals surface area contributed by atoms with Crippen molar-refractivity contribution in [2.24, 2.45) is 0 Å². The van der Waals surface area contributed by atoms with Crippen LogP contribution >= 0.6 is 0 Å². The van der Waals surface area contributed by atoms with Crippen LogP contribution in [0.1, 0.15) is 23.2 Å². The lowest BCUT2D eigenvalue weighted by molar-refractivity contribution is -0.384. The Bertz CT molecular complexity index is 519. The van der Waals surface area contributed by atoms with E-state index in [4.69, 9.17) is 4.74 Å². The van der Waals surface area contributed by atoms with Crippen molar-refractivity contribution in [3.05, 3.63) is 33.9 Å². The molecular formula is C13H14N2O4. The first-order valence-electron chi connectivity index (χ1n) is 6.31. The van der Waals surface area contributed by atoms with E-state index >= 15 is 0 Å². The number of rotatable bonds is 3. The molecule has 0 amide bonds. The number of carbonyl (C=O) groups excluding carboxylic acids is 1. The Morgan fingerprint density at radius 2 is 2.00 bits per heavy atom. The van der Waals surface area contributed by atoms with E-state index in [0.717, 1.165) is 12.8 Å². The van der Waals surface area contributed by atoms with Crippen LogP contribution in [0.5, 0.6) is 0 Å². The fourth-order valence-corrected chi connectivity index (χ4v) is 2.84. The molecule has 2 aliphatic rings. The molecule has 6 heteroatoms. The van der Waals surface area contributed by atoms with Crippen molar-refractivity contribution in [2.75, 3.05) is 18.0 Å². The highest BCUT2D eigenvalue weighted by molar-refractivity contribution is 5.79. The van der Waals surface area contributed by atoms with Crippen LogP contribution in [0.3, 0.4) is 0 Å². The van der Waals surface area contributed by atoms with Gasteiger partial charge < -0.3 is 9.64 Å². The third kappa shape index (κ3) is 2.19. The normalized spacial score (nSPS) is 25.4. The van der Waals surface area contributed by atoms with Crippen molar-refractivity contribution >= 4 is 17.7 Å². The minimum absolute atomic E-state index is 0.00843. The van der Waals surface area contributed by atoms with Crippen LogP contribution in [0.25, 0.3) is 0 Å². The van der Waals surface area contributed by atoms with Crippen LogP contribution in [0, 0.1) is 10.1 Å². The summed E-state index contributed by atoms with van der Waals surface area (Å²) in [5, 5.41) is 11.1. The van der Waals surface area contributed by atoms with Gasteiger partial charge in [0.15, 0.2) is 0 Å². The predicted octanol–water partition coefficient (Wildman–Crippen LogP) is 1.77. The topological polar surface area (TPSA) is 72.7 Å². The summed E-state index contributed by atoms with van der Waals surface area (Å²) in [6, 6.07) is 4.61. The number of hydrogen-bond donors (Lipinski definition) is 0. The van der Waals surface area contributed by atoms with E-state index < -0.39 is 4.92 Å².